The molecule has 324 valence electrons. The molecule has 0 aromatic carbocycles. The monoisotopic (exact) mass is 856 g/mol. The van der Waals surface area contributed by atoms with E-state index in [0.29, 0.717) is 23.9 Å². The average Bonchev–Trinajstić information content (AvgIpc) is 4.16. The maximum atomic E-state index is 5.48. The molecule has 14 nitrogen and oxygen atoms in total. The van der Waals surface area contributed by atoms with E-state index in [1.807, 2.05) is 60.4 Å². The second kappa shape index (κ2) is 20.3. The van der Waals surface area contributed by atoms with Crippen LogP contribution in [0.15, 0.2) is 59.4 Å². The summed E-state index contributed by atoms with van der Waals surface area (Å²) in [5, 5.41) is 20.0. The molecule has 0 unspecified atom stereocenters. The van der Waals surface area contributed by atoms with E-state index < -0.39 is 0 Å². The second-order valence-electron chi connectivity index (χ2n) is 17.5. The fourth-order valence-corrected chi connectivity index (χ4v) is 12.3. The highest BCUT2D eigenvalue weighted by molar-refractivity contribution is 7.99. The van der Waals surface area contributed by atoms with Gasteiger partial charge in [-0.25, -0.2) is 0 Å². The Hall–Kier alpha value is -3.28. The van der Waals surface area contributed by atoms with Crippen molar-refractivity contribution in [3.05, 3.63) is 60.7 Å². The first-order valence-corrected chi connectivity index (χ1v) is 24.5. The van der Waals surface area contributed by atoms with Crippen LogP contribution in [-0.4, -0.2) is 152 Å². The van der Waals surface area contributed by atoms with Gasteiger partial charge in [0, 0.05) is 128 Å². The van der Waals surface area contributed by atoms with Crippen LogP contribution < -0.4 is 9.80 Å². The van der Waals surface area contributed by atoms with Gasteiger partial charge in [-0.05, 0) is 101 Å². The summed E-state index contributed by atoms with van der Waals surface area (Å²) in [5.74, 6) is 7.05. The largest absolute Gasteiger partial charge is 0.381 e. The van der Waals surface area contributed by atoms with E-state index in [2.05, 4.69) is 85.3 Å². The van der Waals surface area contributed by atoms with E-state index >= 15 is 0 Å². The standard InChI is InChI=1S/2C22H32N6OS/c2*1-26-21(17-6-11-29-12-7-17)24-25-22(26)30-13-3-9-27-15-18-5-10-28(20(18)16-27)19-4-2-8-23-14-19/h2*2,4,8,14,17-18,20H,3,5-7,9-13,15-16H2,1H3/t2*18-,20+/m10/s1. The molecule has 0 aliphatic carbocycles. The van der Waals surface area contributed by atoms with Gasteiger partial charge in [0.25, 0.3) is 0 Å². The van der Waals surface area contributed by atoms with Crippen molar-refractivity contribution in [2.75, 3.05) is 100 Å². The van der Waals surface area contributed by atoms with Crippen LogP contribution in [0, 0.1) is 11.8 Å². The number of fused-ring (bicyclic) bond motifs is 2. The minimum atomic E-state index is 0.498. The van der Waals surface area contributed by atoms with Gasteiger partial charge in [-0.3, -0.25) is 9.97 Å². The van der Waals surface area contributed by atoms with Crippen molar-refractivity contribution in [1.82, 2.24) is 49.3 Å². The maximum absolute atomic E-state index is 5.48. The van der Waals surface area contributed by atoms with Crippen molar-refractivity contribution >= 4 is 34.9 Å². The number of pyridine rings is 2. The van der Waals surface area contributed by atoms with E-state index in [-0.39, 0.29) is 0 Å². The number of likely N-dealkylation sites (tertiary alicyclic amines) is 2. The van der Waals surface area contributed by atoms with Gasteiger partial charge in [0.2, 0.25) is 0 Å². The number of thioether (sulfide) groups is 2. The predicted molar refractivity (Wildman–Crippen MR) is 238 cm³/mol. The molecular formula is C44H64N12O2S2. The van der Waals surface area contributed by atoms with E-state index in [4.69, 9.17) is 9.47 Å². The first-order chi connectivity index (χ1) is 29.6. The molecule has 4 aromatic rings. The number of rotatable bonds is 14. The Labute approximate surface area is 364 Å². The van der Waals surface area contributed by atoms with Crippen LogP contribution in [0.25, 0.3) is 0 Å². The Balaban J connectivity index is 0.000000154. The zero-order chi connectivity index (χ0) is 40.7. The second-order valence-corrected chi connectivity index (χ2v) is 19.7. The first-order valence-electron chi connectivity index (χ1n) is 22.6. The molecule has 6 aliphatic heterocycles. The normalized spacial score (nSPS) is 25.2. The number of nitrogens with zero attached hydrogens (tertiary/aromatic N) is 12. The van der Waals surface area contributed by atoms with Gasteiger partial charge in [-0.2, -0.15) is 0 Å². The SMILES string of the molecule is Cn1c(SCCCN2C[C@@H]3CCN(c4cccnc4)[C@@H]3C2)nnc1C1CCOCC1.Cn1c(SCCCN2C[C@H]3CCN(c4cccnc4)[C@H]3C2)nnc1C1CCOCC1. The molecule has 4 aromatic heterocycles. The summed E-state index contributed by atoms with van der Waals surface area (Å²) >= 11 is 3.69. The van der Waals surface area contributed by atoms with Crippen molar-refractivity contribution in [3.63, 3.8) is 0 Å². The zero-order valence-electron chi connectivity index (χ0n) is 35.6. The summed E-state index contributed by atoms with van der Waals surface area (Å²) in [6.45, 7) is 12.9. The van der Waals surface area contributed by atoms with Gasteiger partial charge in [-0.1, -0.05) is 23.5 Å². The van der Waals surface area contributed by atoms with Crippen LogP contribution >= 0.6 is 23.5 Å². The number of aromatic nitrogens is 8. The molecular weight excluding hydrogens is 793 g/mol. The van der Waals surface area contributed by atoms with Crippen LogP contribution in [-0.2, 0) is 23.6 Å². The molecule has 6 saturated heterocycles. The summed E-state index contributed by atoms with van der Waals surface area (Å²) in [6, 6.07) is 9.80. The van der Waals surface area contributed by atoms with Crippen molar-refractivity contribution in [3.8, 4) is 0 Å². The molecule has 60 heavy (non-hydrogen) atoms. The quantitative estimate of drug-likeness (QED) is 0.116. The highest BCUT2D eigenvalue weighted by Crippen LogP contribution is 2.37. The summed E-state index contributed by atoms with van der Waals surface area (Å²) in [7, 11) is 4.23. The van der Waals surface area contributed by atoms with Crippen LogP contribution in [0.3, 0.4) is 0 Å². The van der Waals surface area contributed by atoms with Crippen molar-refractivity contribution in [1.29, 1.82) is 0 Å². The first kappa shape index (κ1) is 42.0. The van der Waals surface area contributed by atoms with E-state index in [0.717, 1.165) is 97.4 Å². The Morgan fingerprint density at radius 3 is 1.45 bits per heavy atom. The van der Waals surface area contributed by atoms with Crippen LogP contribution in [0.1, 0.15) is 74.9 Å². The van der Waals surface area contributed by atoms with Gasteiger partial charge in [0.1, 0.15) is 11.6 Å². The lowest BCUT2D eigenvalue weighted by atomic mass is 10.00. The smallest absolute Gasteiger partial charge is 0.190 e. The predicted octanol–water partition coefficient (Wildman–Crippen LogP) is 5.59. The minimum absolute atomic E-state index is 0.498. The summed E-state index contributed by atoms with van der Waals surface area (Å²) in [6.07, 6.45) is 17.0. The summed E-state index contributed by atoms with van der Waals surface area (Å²) in [4.78, 5) is 19.1. The molecule has 0 bridgehead atoms. The molecule has 4 atom stereocenters. The number of hydrogen-bond donors (Lipinski definition) is 0. The molecule has 16 heteroatoms. The lowest BCUT2D eigenvalue weighted by Gasteiger charge is -2.26. The van der Waals surface area contributed by atoms with Crippen LogP contribution in [0.5, 0.6) is 0 Å². The van der Waals surface area contributed by atoms with E-state index in [1.54, 1.807) is 0 Å². The number of anilines is 2. The Bertz CT molecular complexity index is 1790. The molecule has 6 aliphatic rings. The van der Waals surface area contributed by atoms with Crippen molar-refractivity contribution in [2.24, 2.45) is 25.9 Å². The lowest BCUT2D eigenvalue weighted by molar-refractivity contribution is 0.0828. The molecule has 6 fully saturated rings. The highest BCUT2D eigenvalue weighted by atomic mass is 32.2. The highest BCUT2D eigenvalue weighted by Gasteiger charge is 2.42. The molecule has 0 N–H and O–H groups in total. The molecule has 10 heterocycles. The molecule has 10 rings (SSSR count). The van der Waals surface area contributed by atoms with Gasteiger partial charge in [-0.15, -0.1) is 20.4 Å². The van der Waals surface area contributed by atoms with Crippen LogP contribution in [0.4, 0.5) is 11.4 Å². The summed E-state index contributed by atoms with van der Waals surface area (Å²) in [5.41, 5.74) is 2.56. The topological polar surface area (TPSA) is 119 Å². The molecule has 0 spiro atoms. The molecule has 0 saturated carbocycles. The van der Waals surface area contributed by atoms with Gasteiger partial charge < -0.3 is 38.2 Å². The molecule has 0 radical (unpaired) electrons. The Kier molecular flexibility index (Phi) is 14.2. The van der Waals surface area contributed by atoms with E-state index in [1.165, 1.54) is 89.4 Å². The summed E-state index contributed by atoms with van der Waals surface area (Å²) < 4.78 is 15.4. The minimum Gasteiger partial charge on any atom is -0.381 e. The third-order valence-corrected chi connectivity index (χ3v) is 16.0. The van der Waals surface area contributed by atoms with Gasteiger partial charge in [0.15, 0.2) is 10.3 Å². The lowest BCUT2D eigenvalue weighted by Crippen LogP contribution is -2.35. The fraction of sp³-hybridized carbons (Fsp3) is 0.682. The fourth-order valence-electron chi connectivity index (χ4n) is 10.6. The zero-order valence-corrected chi connectivity index (χ0v) is 37.3. The Morgan fingerprint density at radius 1 is 0.583 bits per heavy atom. The van der Waals surface area contributed by atoms with Crippen LogP contribution in [0.2, 0.25) is 0 Å². The van der Waals surface area contributed by atoms with Gasteiger partial charge >= 0.3 is 0 Å². The maximum Gasteiger partial charge on any atom is 0.190 e. The number of hydrogen-bond acceptors (Lipinski definition) is 14. The average molecular weight is 857 g/mol. The van der Waals surface area contributed by atoms with Crippen molar-refractivity contribution in [2.45, 2.75) is 85.6 Å². The van der Waals surface area contributed by atoms with E-state index in [9.17, 15) is 0 Å². The molecule has 0 amide bonds. The Morgan fingerprint density at radius 2 is 1.03 bits per heavy atom. The number of ether oxygens (including phenoxy) is 2. The third-order valence-electron chi connectivity index (χ3n) is 13.8. The van der Waals surface area contributed by atoms with Crippen molar-refractivity contribution < 1.29 is 9.47 Å². The van der Waals surface area contributed by atoms with Gasteiger partial charge in [0.05, 0.1) is 23.8 Å². The third kappa shape index (κ3) is 9.83.